The lowest BCUT2D eigenvalue weighted by atomic mass is 10.2. The van der Waals surface area contributed by atoms with Gasteiger partial charge in [-0.15, -0.1) is 0 Å². The summed E-state index contributed by atoms with van der Waals surface area (Å²) in [5.74, 6) is 0.872. The van der Waals surface area contributed by atoms with Crippen LogP contribution in [0.3, 0.4) is 0 Å². The number of carbonyl (C=O) groups is 1. The summed E-state index contributed by atoms with van der Waals surface area (Å²) in [4.78, 5) is 12.4. The molecular formula is C19H13Cl2NO2. The molecule has 0 aliphatic carbocycles. The molecule has 0 aromatic heterocycles. The maximum absolute atomic E-state index is 12.4. The van der Waals surface area contributed by atoms with Crippen molar-refractivity contribution in [1.82, 2.24) is 0 Å². The minimum Gasteiger partial charge on any atom is -0.455 e. The highest BCUT2D eigenvalue weighted by atomic mass is 35.5. The van der Waals surface area contributed by atoms with Gasteiger partial charge in [-0.1, -0.05) is 47.5 Å². The second-order valence-corrected chi connectivity index (χ2v) is 5.89. The lowest BCUT2D eigenvalue weighted by Gasteiger charge is -2.13. The van der Waals surface area contributed by atoms with Gasteiger partial charge in [0.25, 0.3) is 5.91 Å². The molecular weight excluding hydrogens is 345 g/mol. The number of anilines is 1. The predicted molar refractivity (Wildman–Crippen MR) is 97.4 cm³/mol. The van der Waals surface area contributed by atoms with Gasteiger partial charge in [-0.25, -0.2) is 0 Å². The Bertz CT molecular complexity index is 866. The average molecular weight is 358 g/mol. The molecule has 0 fully saturated rings. The van der Waals surface area contributed by atoms with Gasteiger partial charge in [0.2, 0.25) is 0 Å². The van der Waals surface area contributed by atoms with Gasteiger partial charge in [0, 0.05) is 15.6 Å². The van der Waals surface area contributed by atoms with Crippen molar-refractivity contribution in [3.63, 3.8) is 0 Å². The molecule has 0 bridgehead atoms. The van der Waals surface area contributed by atoms with E-state index >= 15 is 0 Å². The fraction of sp³-hybridized carbons (Fsp3) is 0. The van der Waals surface area contributed by atoms with Crippen LogP contribution in [0.2, 0.25) is 10.0 Å². The fourth-order valence-electron chi connectivity index (χ4n) is 2.13. The molecule has 3 aromatic rings. The molecule has 0 unspecified atom stereocenters. The number of ether oxygens (including phenoxy) is 1. The number of amides is 1. The van der Waals surface area contributed by atoms with Crippen molar-refractivity contribution >= 4 is 34.8 Å². The van der Waals surface area contributed by atoms with Crippen LogP contribution in [0.4, 0.5) is 5.69 Å². The third-order valence-electron chi connectivity index (χ3n) is 3.25. The Hall–Kier alpha value is -2.49. The highest BCUT2D eigenvalue weighted by Gasteiger charge is 2.12. The molecule has 24 heavy (non-hydrogen) atoms. The second kappa shape index (κ2) is 7.39. The summed E-state index contributed by atoms with van der Waals surface area (Å²) < 4.78 is 5.83. The van der Waals surface area contributed by atoms with Gasteiger partial charge in [0.1, 0.15) is 5.75 Å². The van der Waals surface area contributed by atoms with E-state index in [1.165, 1.54) is 0 Å². The lowest BCUT2D eigenvalue weighted by molar-refractivity contribution is 0.102. The second-order valence-electron chi connectivity index (χ2n) is 5.02. The van der Waals surface area contributed by atoms with Crippen molar-refractivity contribution in [3.8, 4) is 11.5 Å². The van der Waals surface area contributed by atoms with E-state index in [2.05, 4.69) is 5.32 Å². The molecule has 0 spiro atoms. The standard InChI is InChI=1S/C19H13Cl2NO2/c20-14-6-4-5-13(11-14)19(23)22-17-12-15(21)9-10-18(17)24-16-7-2-1-3-8-16/h1-12H,(H,22,23). The SMILES string of the molecule is O=C(Nc1cc(Cl)ccc1Oc1ccccc1)c1cccc(Cl)c1. The summed E-state index contributed by atoms with van der Waals surface area (Å²) in [6.07, 6.45) is 0. The molecule has 0 atom stereocenters. The van der Waals surface area contributed by atoms with E-state index < -0.39 is 0 Å². The first-order valence-electron chi connectivity index (χ1n) is 7.21. The molecule has 3 aromatic carbocycles. The smallest absolute Gasteiger partial charge is 0.255 e. The Labute approximate surface area is 149 Å². The van der Waals surface area contributed by atoms with Crippen molar-refractivity contribution in [2.45, 2.75) is 0 Å². The van der Waals surface area contributed by atoms with Gasteiger partial charge >= 0.3 is 0 Å². The number of nitrogens with one attached hydrogen (secondary N) is 1. The maximum atomic E-state index is 12.4. The van der Waals surface area contributed by atoms with Crippen LogP contribution in [0, 0.1) is 0 Å². The van der Waals surface area contributed by atoms with Crippen LogP contribution in [0.5, 0.6) is 11.5 Å². The van der Waals surface area contributed by atoms with Gasteiger partial charge < -0.3 is 10.1 Å². The zero-order valence-corrected chi connectivity index (χ0v) is 14.0. The highest BCUT2D eigenvalue weighted by Crippen LogP contribution is 2.32. The Morgan fingerprint density at radius 1 is 0.833 bits per heavy atom. The van der Waals surface area contributed by atoms with Gasteiger partial charge in [0.05, 0.1) is 5.69 Å². The van der Waals surface area contributed by atoms with Crippen LogP contribution in [0.15, 0.2) is 72.8 Å². The first-order valence-corrected chi connectivity index (χ1v) is 7.97. The lowest BCUT2D eigenvalue weighted by Crippen LogP contribution is -2.12. The number of halogens is 2. The molecule has 1 N–H and O–H groups in total. The largest absolute Gasteiger partial charge is 0.455 e. The summed E-state index contributed by atoms with van der Waals surface area (Å²) in [5, 5.41) is 3.80. The zero-order valence-electron chi connectivity index (χ0n) is 12.5. The van der Waals surface area contributed by atoms with Crippen molar-refractivity contribution in [2.75, 3.05) is 5.32 Å². The van der Waals surface area contributed by atoms with Crippen molar-refractivity contribution < 1.29 is 9.53 Å². The van der Waals surface area contributed by atoms with Gasteiger partial charge in [-0.2, -0.15) is 0 Å². The van der Waals surface area contributed by atoms with E-state index in [4.69, 9.17) is 27.9 Å². The average Bonchev–Trinajstić information content (AvgIpc) is 2.58. The Morgan fingerprint density at radius 3 is 2.33 bits per heavy atom. The maximum Gasteiger partial charge on any atom is 0.255 e. The third-order valence-corrected chi connectivity index (χ3v) is 3.72. The molecule has 1 amide bonds. The summed E-state index contributed by atoms with van der Waals surface area (Å²) in [6.45, 7) is 0. The van der Waals surface area contributed by atoms with Gasteiger partial charge in [-0.3, -0.25) is 4.79 Å². The van der Waals surface area contributed by atoms with E-state index in [0.29, 0.717) is 32.8 Å². The Balaban J connectivity index is 1.87. The van der Waals surface area contributed by atoms with Gasteiger partial charge in [0.15, 0.2) is 5.75 Å². The van der Waals surface area contributed by atoms with Crippen LogP contribution in [-0.2, 0) is 0 Å². The minimum atomic E-state index is -0.294. The first kappa shape index (κ1) is 16.4. The monoisotopic (exact) mass is 357 g/mol. The predicted octanol–water partition coefficient (Wildman–Crippen LogP) is 6.04. The van der Waals surface area contributed by atoms with Gasteiger partial charge in [-0.05, 0) is 48.5 Å². The molecule has 5 heteroatoms. The summed E-state index contributed by atoms with van der Waals surface area (Å²) >= 11 is 12.0. The number of para-hydroxylation sites is 1. The molecule has 120 valence electrons. The van der Waals surface area contributed by atoms with E-state index in [-0.39, 0.29) is 5.91 Å². The molecule has 0 aliphatic rings. The molecule has 0 saturated heterocycles. The molecule has 0 heterocycles. The van der Waals surface area contributed by atoms with Crippen molar-refractivity contribution in [3.05, 3.63) is 88.4 Å². The third kappa shape index (κ3) is 4.07. The van der Waals surface area contributed by atoms with Crippen LogP contribution >= 0.6 is 23.2 Å². The first-order chi connectivity index (χ1) is 11.6. The van der Waals surface area contributed by atoms with Crippen molar-refractivity contribution in [1.29, 1.82) is 0 Å². The minimum absolute atomic E-state index is 0.294. The zero-order chi connectivity index (χ0) is 16.9. The normalized spacial score (nSPS) is 10.2. The fourth-order valence-corrected chi connectivity index (χ4v) is 2.49. The van der Waals surface area contributed by atoms with Crippen LogP contribution in [0.25, 0.3) is 0 Å². The van der Waals surface area contributed by atoms with Crippen LogP contribution < -0.4 is 10.1 Å². The summed E-state index contributed by atoms with van der Waals surface area (Å²) in [5.41, 5.74) is 0.935. The molecule has 0 radical (unpaired) electrons. The molecule has 0 aliphatic heterocycles. The van der Waals surface area contributed by atoms with Crippen molar-refractivity contribution in [2.24, 2.45) is 0 Å². The number of hydrogen-bond acceptors (Lipinski definition) is 2. The number of rotatable bonds is 4. The highest BCUT2D eigenvalue weighted by molar-refractivity contribution is 6.31. The molecule has 0 saturated carbocycles. The number of benzene rings is 3. The van der Waals surface area contributed by atoms with Crippen LogP contribution in [-0.4, -0.2) is 5.91 Å². The molecule has 3 nitrogen and oxygen atoms in total. The summed E-state index contributed by atoms with van der Waals surface area (Å²) in [6, 6.07) is 21.1. The summed E-state index contributed by atoms with van der Waals surface area (Å²) in [7, 11) is 0. The van der Waals surface area contributed by atoms with E-state index in [1.54, 1.807) is 42.5 Å². The topological polar surface area (TPSA) is 38.3 Å². The Kier molecular flexibility index (Phi) is 5.04. The Morgan fingerprint density at radius 2 is 1.58 bits per heavy atom. The number of hydrogen-bond donors (Lipinski definition) is 1. The quantitative estimate of drug-likeness (QED) is 0.618. The number of carbonyl (C=O) groups excluding carboxylic acids is 1. The van der Waals surface area contributed by atoms with Crippen LogP contribution in [0.1, 0.15) is 10.4 Å². The van der Waals surface area contributed by atoms with E-state index in [1.807, 2.05) is 30.3 Å². The molecule has 3 rings (SSSR count). The van der Waals surface area contributed by atoms with E-state index in [0.717, 1.165) is 0 Å². The van der Waals surface area contributed by atoms with E-state index in [9.17, 15) is 4.79 Å².